The highest BCUT2D eigenvalue weighted by atomic mass is 35.5. The molecule has 0 unspecified atom stereocenters. The number of nitrogens with two attached hydrogens (primary N) is 1. The van der Waals surface area contributed by atoms with E-state index in [2.05, 4.69) is 4.90 Å². The number of halogens is 1. The number of amides is 2. The number of carbonyl (C=O) groups is 3. The monoisotopic (exact) mass is 441 g/mol. The van der Waals surface area contributed by atoms with E-state index in [-0.39, 0.29) is 18.2 Å². The molecule has 0 bridgehead atoms. The van der Waals surface area contributed by atoms with E-state index in [1.54, 1.807) is 35.2 Å². The van der Waals surface area contributed by atoms with Crippen LogP contribution in [-0.2, 0) is 4.79 Å². The van der Waals surface area contributed by atoms with Crippen molar-refractivity contribution < 1.29 is 19.5 Å². The molecule has 3 N–H and O–H groups in total. The lowest BCUT2D eigenvalue weighted by Gasteiger charge is -2.35. The van der Waals surface area contributed by atoms with Crippen molar-refractivity contribution in [2.75, 3.05) is 31.1 Å². The van der Waals surface area contributed by atoms with E-state index in [0.29, 0.717) is 31.7 Å². The third-order valence-corrected chi connectivity index (χ3v) is 4.89. The molecule has 2 aromatic carbocycles. The maximum absolute atomic E-state index is 12.4. The number of ketones is 1. The number of aliphatic carboxylic acids is 1. The van der Waals surface area contributed by atoms with Crippen LogP contribution < -0.4 is 10.6 Å². The van der Waals surface area contributed by atoms with E-state index in [9.17, 15) is 14.4 Å². The molecule has 2 amide bonds. The summed E-state index contributed by atoms with van der Waals surface area (Å²) >= 11 is 0. The van der Waals surface area contributed by atoms with Crippen LogP contribution in [0, 0.1) is 0 Å². The molecule has 1 fully saturated rings. The van der Waals surface area contributed by atoms with Crippen molar-refractivity contribution in [3.05, 3.63) is 77.4 Å². The van der Waals surface area contributed by atoms with Gasteiger partial charge in [-0.2, -0.15) is 0 Å². The van der Waals surface area contributed by atoms with Crippen molar-refractivity contribution in [2.24, 2.45) is 5.73 Å². The van der Waals surface area contributed by atoms with Crippen molar-refractivity contribution >= 4 is 48.0 Å². The van der Waals surface area contributed by atoms with Crippen LogP contribution in [0.4, 0.5) is 10.5 Å². The third kappa shape index (κ3) is 6.72. The van der Waals surface area contributed by atoms with Gasteiger partial charge in [-0.15, -0.1) is 12.4 Å². The molecular formula is C23H24ClN3O4. The average Bonchev–Trinajstić information content (AvgIpc) is 2.77. The molecule has 3 rings (SSSR count). The van der Waals surface area contributed by atoms with Crippen LogP contribution in [0.1, 0.15) is 21.5 Å². The second kappa shape index (κ2) is 11.0. The van der Waals surface area contributed by atoms with Crippen LogP contribution in [0.3, 0.4) is 0 Å². The van der Waals surface area contributed by atoms with E-state index in [1.807, 2.05) is 24.3 Å². The van der Waals surface area contributed by atoms with Crippen molar-refractivity contribution in [1.29, 1.82) is 0 Å². The zero-order valence-electron chi connectivity index (χ0n) is 16.8. The Bertz CT molecular complexity index is 977. The normalized spacial score (nSPS) is 13.9. The van der Waals surface area contributed by atoms with Gasteiger partial charge in [-0.1, -0.05) is 30.3 Å². The minimum atomic E-state index is -0.997. The molecule has 1 saturated heterocycles. The second-order valence-electron chi connectivity index (χ2n) is 6.90. The van der Waals surface area contributed by atoms with Crippen LogP contribution in [0.5, 0.6) is 0 Å². The van der Waals surface area contributed by atoms with E-state index in [0.717, 1.165) is 22.9 Å². The number of piperazine rings is 1. The Morgan fingerprint density at radius 3 is 1.81 bits per heavy atom. The van der Waals surface area contributed by atoms with Crippen LogP contribution in [0.15, 0.2) is 60.7 Å². The smallest absolute Gasteiger partial charge is 0.328 e. The summed E-state index contributed by atoms with van der Waals surface area (Å²) < 4.78 is 0. The van der Waals surface area contributed by atoms with Gasteiger partial charge in [0.2, 0.25) is 0 Å². The standard InChI is InChI=1S/C23H23N3O4.ClH/c24-23(30)26-15-13-25(14-16-26)20-9-7-19(8-10-20)21(27)11-5-17-1-3-18(4-2-17)6-12-22(28)29;/h1-12H,13-16H2,(H2,24,30)(H,28,29);1H. The van der Waals surface area contributed by atoms with Crippen LogP contribution >= 0.6 is 12.4 Å². The van der Waals surface area contributed by atoms with Gasteiger partial charge >= 0.3 is 12.0 Å². The molecule has 0 saturated carbocycles. The highest BCUT2D eigenvalue weighted by molar-refractivity contribution is 6.07. The lowest BCUT2D eigenvalue weighted by molar-refractivity contribution is -0.131. The van der Waals surface area contributed by atoms with E-state index in [4.69, 9.17) is 10.8 Å². The van der Waals surface area contributed by atoms with E-state index >= 15 is 0 Å². The highest BCUT2D eigenvalue weighted by Crippen LogP contribution is 2.18. The maximum atomic E-state index is 12.4. The van der Waals surface area contributed by atoms with Crippen LogP contribution in [-0.4, -0.2) is 54.0 Å². The Labute approximate surface area is 186 Å². The number of carboxylic acids is 1. The Balaban J connectivity index is 0.00000341. The van der Waals surface area contributed by atoms with E-state index < -0.39 is 12.0 Å². The number of benzene rings is 2. The lowest BCUT2D eigenvalue weighted by atomic mass is 10.1. The number of hydrogen-bond acceptors (Lipinski definition) is 4. The quantitative estimate of drug-likeness (QED) is 0.528. The number of primary amides is 1. The second-order valence-corrected chi connectivity index (χ2v) is 6.90. The molecule has 0 spiro atoms. The summed E-state index contributed by atoms with van der Waals surface area (Å²) in [5, 5.41) is 8.65. The molecule has 1 aliphatic heterocycles. The Kier molecular flexibility index (Phi) is 8.40. The molecule has 1 heterocycles. The molecular weight excluding hydrogens is 418 g/mol. The number of hydrogen-bond donors (Lipinski definition) is 2. The Hall–Kier alpha value is -3.58. The first-order chi connectivity index (χ1) is 14.4. The molecule has 0 atom stereocenters. The van der Waals surface area contributed by atoms with Gasteiger partial charge < -0.3 is 20.6 Å². The topological polar surface area (TPSA) is 104 Å². The molecule has 0 aliphatic carbocycles. The number of nitrogens with zero attached hydrogens (tertiary/aromatic N) is 2. The number of anilines is 1. The Morgan fingerprint density at radius 1 is 0.806 bits per heavy atom. The molecule has 162 valence electrons. The van der Waals surface area contributed by atoms with Gasteiger partial charge in [0.15, 0.2) is 5.78 Å². The minimum absolute atomic E-state index is 0. The fourth-order valence-electron chi connectivity index (χ4n) is 3.18. The molecule has 7 nitrogen and oxygen atoms in total. The molecule has 0 radical (unpaired) electrons. The molecule has 2 aromatic rings. The summed E-state index contributed by atoms with van der Waals surface area (Å²) in [7, 11) is 0. The number of carboxylic acid groups (broad SMARTS) is 1. The number of urea groups is 1. The summed E-state index contributed by atoms with van der Waals surface area (Å²) in [5.74, 6) is -1.10. The number of carbonyl (C=O) groups excluding carboxylic acids is 2. The Morgan fingerprint density at radius 2 is 1.32 bits per heavy atom. The summed E-state index contributed by atoms with van der Waals surface area (Å²) in [5.41, 5.74) is 8.52. The SMILES string of the molecule is Cl.NC(=O)N1CCN(c2ccc(C(=O)C=Cc3ccc(C=CC(=O)O)cc3)cc2)CC1. The number of allylic oxidation sites excluding steroid dienone is 1. The maximum Gasteiger partial charge on any atom is 0.328 e. The minimum Gasteiger partial charge on any atom is -0.478 e. The zero-order chi connectivity index (χ0) is 21.5. The molecule has 31 heavy (non-hydrogen) atoms. The first-order valence-corrected chi connectivity index (χ1v) is 9.55. The summed E-state index contributed by atoms with van der Waals surface area (Å²) in [6.07, 6.45) is 5.83. The fourth-order valence-corrected chi connectivity index (χ4v) is 3.18. The first-order valence-electron chi connectivity index (χ1n) is 9.55. The predicted octanol–water partition coefficient (Wildman–Crippen LogP) is 3.30. The highest BCUT2D eigenvalue weighted by Gasteiger charge is 2.19. The van der Waals surface area contributed by atoms with Crippen molar-refractivity contribution in [1.82, 2.24) is 4.90 Å². The van der Waals surface area contributed by atoms with Gasteiger partial charge in [0.05, 0.1) is 0 Å². The van der Waals surface area contributed by atoms with Gasteiger partial charge in [-0.05, 0) is 47.5 Å². The van der Waals surface area contributed by atoms with Gasteiger partial charge in [-0.3, -0.25) is 4.79 Å². The van der Waals surface area contributed by atoms with Gasteiger partial charge in [-0.25, -0.2) is 9.59 Å². The number of rotatable bonds is 6. The average molecular weight is 442 g/mol. The lowest BCUT2D eigenvalue weighted by Crippen LogP contribution is -2.50. The van der Waals surface area contributed by atoms with E-state index in [1.165, 1.54) is 12.2 Å². The predicted molar refractivity (Wildman–Crippen MR) is 124 cm³/mol. The summed E-state index contributed by atoms with van der Waals surface area (Å²) in [6, 6.07) is 14.2. The first kappa shape index (κ1) is 23.7. The third-order valence-electron chi connectivity index (χ3n) is 4.89. The molecule has 0 aromatic heterocycles. The van der Waals surface area contributed by atoms with Gasteiger partial charge in [0.25, 0.3) is 0 Å². The summed E-state index contributed by atoms with van der Waals surface area (Å²) in [6.45, 7) is 2.58. The van der Waals surface area contributed by atoms with Gasteiger partial charge in [0.1, 0.15) is 0 Å². The van der Waals surface area contributed by atoms with Crippen LogP contribution in [0.25, 0.3) is 12.2 Å². The zero-order valence-corrected chi connectivity index (χ0v) is 17.6. The van der Waals surface area contributed by atoms with Crippen molar-refractivity contribution in [3.63, 3.8) is 0 Å². The fraction of sp³-hybridized carbons (Fsp3) is 0.174. The van der Waals surface area contributed by atoms with Gasteiger partial charge in [0, 0.05) is 43.5 Å². The van der Waals surface area contributed by atoms with Crippen molar-refractivity contribution in [2.45, 2.75) is 0 Å². The van der Waals surface area contributed by atoms with Crippen LogP contribution in [0.2, 0.25) is 0 Å². The largest absolute Gasteiger partial charge is 0.478 e. The molecule has 1 aliphatic rings. The van der Waals surface area contributed by atoms with Crippen molar-refractivity contribution in [3.8, 4) is 0 Å². The summed E-state index contributed by atoms with van der Waals surface area (Å²) in [4.78, 5) is 38.0. The molecule has 8 heteroatoms.